The lowest BCUT2D eigenvalue weighted by atomic mass is 10.2. The Bertz CT molecular complexity index is 344. The predicted octanol–water partition coefficient (Wildman–Crippen LogP) is 2.44. The first-order chi connectivity index (χ1) is 6.63. The van der Waals surface area contributed by atoms with E-state index in [0.717, 1.165) is 0 Å². The van der Waals surface area contributed by atoms with Crippen LogP contribution in [0.2, 0.25) is 0 Å². The number of hydrogen-bond donors (Lipinski definition) is 1. The van der Waals surface area contributed by atoms with Crippen molar-refractivity contribution in [2.45, 2.75) is 6.54 Å². The monoisotopic (exact) mass is 261 g/mol. The molecule has 3 nitrogen and oxygen atoms in total. The minimum absolute atomic E-state index is 0.227. The van der Waals surface area contributed by atoms with Crippen molar-refractivity contribution in [3.05, 3.63) is 29.6 Å². The van der Waals surface area contributed by atoms with Gasteiger partial charge in [-0.1, -0.05) is 0 Å². The number of benzene rings is 1. The summed E-state index contributed by atoms with van der Waals surface area (Å²) in [6.07, 6.45) is 0. The van der Waals surface area contributed by atoms with Crippen LogP contribution >= 0.6 is 15.9 Å². The number of carbonyl (C=O) groups is 1. The number of ether oxygens (including phenoxy) is 1. The zero-order valence-corrected chi connectivity index (χ0v) is 9.10. The van der Waals surface area contributed by atoms with Gasteiger partial charge in [-0.15, -0.1) is 0 Å². The van der Waals surface area contributed by atoms with Crippen molar-refractivity contribution in [3.8, 4) is 5.75 Å². The highest BCUT2D eigenvalue weighted by atomic mass is 79.9. The topological polar surface area (TPSA) is 38.3 Å². The van der Waals surface area contributed by atoms with E-state index in [1.807, 2.05) is 0 Å². The molecule has 0 aliphatic heterocycles. The van der Waals surface area contributed by atoms with Crippen molar-refractivity contribution in [2.24, 2.45) is 0 Å². The van der Waals surface area contributed by atoms with E-state index < -0.39 is 0 Å². The molecule has 0 aliphatic carbocycles. The molecule has 1 aromatic carbocycles. The number of carbonyl (C=O) groups excluding carboxylic acids is 1. The lowest BCUT2D eigenvalue weighted by molar-refractivity contribution is 0.261. The molecule has 5 heteroatoms. The summed E-state index contributed by atoms with van der Waals surface area (Å²) in [7, 11) is 1.49. The number of rotatable bonds is 3. The predicted molar refractivity (Wildman–Crippen MR) is 54.1 cm³/mol. The first-order valence-electron chi connectivity index (χ1n) is 3.89. The summed E-state index contributed by atoms with van der Waals surface area (Å²) in [5, 5.41) is 2.49. The van der Waals surface area contributed by atoms with Gasteiger partial charge in [0.1, 0.15) is 11.6 Å². The molecule has 1 N–H and O–H groups in total. The molecule has 0 unspecified atom stereocenters. The van der Waals surface area contributed by atoms with E-state index in [1.54, 1.807) is 0 Å². The van der Waals surface area contributed by atoms with E-state index in [9.17, 15) is 9.18 Å². The molecule has 1 rings (SSSR count). The average molecular weight is 262 g/mol. The molecule has 0 aromatic heterocycles. The van der Waals surface area contributed by atoms with Gasteiger partial charge in [0.15, 0.2) is 0 Å². The van der Waals surface area contributed by atoms with Gasteiger partial charge in [-0.25, -0.2) is 4.39 Å². The largest absolute Gasteiger partial charge is 0.496 e. The molecule has 0 bridgehead atoms. The third-order valence-electron chi connectivity index (χ3n) is 1.66. The van der Waals surface area contributed by atoms with Gasteiger partial charge >= 0.3 is 0 Å². The Hall–Kier alpha value is -1.10. The van der Waals surface area contributed by atoms with E-state index in [4.69, 9.17) is 4.74 Å². The Morgan fingerprint density at radius 1 is 1.64 bits per heavy atom. The molecule has 0 saturated heterocycles. The van der Waals surface area contributed by atoms with E-state index in [2.05, 4.69) is 21.2 Å². The highest BCUT2D eigenvalue weighted by Gasteiger charge is 2.04. The molecular weight excluding hydrogens is 253 g/mol. The first kappa shape index (κ1) is 11.0. The number of hydrogen-bond acceptors (Lipinski definition) is 2. The summed E-state index contributed by atoms with van der Waals surface area (Å²) in [6, 6.07) is 4.14. The molecule has 0 atom stereocenters. The van der Waals surface area contributed by atoms with Crippen molar-refractivity contribution in [1.29, 1.82) is 0 Å². The fraction of sp³-hybridized carbons (Fsp3) is 0.222. The van der Waals surface area contributed by atoms with Crippen LogP contribution in [0.1, 0.15) is 5.56 Å². The van der Waals surface area contributed by atoms with Gasteiger partial charge in [-0.05, 0) is 18.2 Å². The molecule has 0 heterocycles. The highest BCUT2D eigenvalue weighted by molar-refractivity contribution is 9.18. The Kier molecular flexibility index (Phi) is 3.88. The van der Waals surface area contributed by atoms with E-state index in [0.29, 0.717) is 11.3 Å². The van der Waals surface area contributed by atoms with Crippen LogP contribution in [-0.4, -0.2) is 11.9 Å². The minimum Gasteiger partial charge on any atom is -0.496 e. The van der Waals surface area contributed by atoms with Crippen LogP contribution in [0.3, 0.4) is 0 Å². The molecule has 76 valence electrons. The fourth-order valence-corrected chi connectivity index (χ4v) is 1.19. The standard InChI is InChI=1S/C9H9BrFNO2/c1-14-8-3-2-7(11)4-6(8)5-12-9(10)13/h2-4H,5H2,1H3,(H,12,13). The van der Waals surface area contributed by atoms with E-state index in [-0.39, 0.29) is 17.2 Å². The quantitative estimate of drug-likeness (QED) is 0.671. The maximum atomic E-state index is 12.8. The molecule has 1 aromatic rings. The summed E-state index contributed by atoms with van der Waals surface area (Å²) in [4.78, 5) is 10.2. The number of halogens is 2. The van der Waals surface area contributed by atoms with Crippen molar-refractivity contribution < 1.29 is 13.9 Å². The Balaban J connectivity index is 2.82. The third kappa shape index (κ3) is 2.99. The molecule has 0 saturated carbocycles. The summed E-state index contributed by atoms with van der Waals surface area (Å²) in [5.41, 5.74) is 0.598. The fourth-order valence-electron chi connectivity index (χ4n) is 1.05. The zero-order valence-electron chi connectivity index (χ0n) is 7.51. The maximum absolute atomic E-state index is 12.8. The molecule has 1 amide bonds. The summed E-state index contributed by atoms with van der Waals surface area (Å²) in [6.45, 7) is 0.227. The van der Waals surface area contributed by atoms with Crippen LogP contribution in [0.15, 0.2) is 18.2 Å². The van der Waals surface area contributed by atoms with Gasteiger partial charge in [-0.3, -0.25) is 4.79 Å². The second-order valence-corrected chi connectivity index (χ2v) is 3.30. The van der Waals surface area contributed by atoms with Gasteiger partial charge < -0.3 is 10.1 Å². The van der Waals surface area contributed by atoms with Crippen molar-refractivity contribution in [2.75, 3.05) is 7.11 Å². The normalized spacial score (nSPS) is 9.64. The number of nitrogens with one attached hydrogen (secondary N) is 1. The molecule has 0 fully saturated rings. The van der Waals surface area contributed by atoms with Gasteiger partial charge in [0.05, 0.1) is 7.11 Å². The highest BCUT2D eigenvalue weighted by Crippen LogP contribution is 2.18. The zero-order chi connectivity index (χ0) is 10.6. The SMILES string of the molecule is COc1ccc(F)cc1CNC(=O)Br. The Labute approximate surface area is 89.4 Å². The van der Waals surface area contributed by atoms with Crippen LogP contribution < -0.4 is 10.1 Å². The van der Waals surface area contributed by atoms with Crippen LogP contribution in [0.4, 0.5) is 9.18 Å². The van der Waals surface area contributed by atoms with Gasteiger partial charge in [-0.2, -0.15) is 0 Å². The second kappa shape index (κ2) is 4.95. The molecule has 0 radical (unpaired) electrons. The molecule has 0 spiro atoms. The van der Waals surface area contributed by atoms with Crippen LogP contribution in [0.25, 0.3) is 0 Å². The Morgan fingerprint density at radius 2 is 2.36 bits per heavy atom. The van der Waals surface area contributed by atoms with Crippen LogP contribution in [0.5, 0.6) is 5.75 Å². The van der Waals surface area contributed by atoms with Gasteiger partial charge in [0.2, 0.25) is 0 Å². The van der Waals surface area contributed by atoms with E-state index in [1.165, 1.54) is 25.3 Å². The Morgan fingerprint density at radius 3 is 2.93 bits per heavy atom. The lowest BCUT2D eigenvalue weighted by Gasteiger charge is -2.08. The van der Waals surface area contributed by atoms with Crippen LogP contribution in [0, 0.1) is 5.82 Å². The average Bonchev–Trinajstić information content (AvgIpc) is 2.15. The second-order valence-electron chi connectivity index (χ2n) is 2.58. The van der Waals surface area contributed by atoms with Crippen molar-refractivity contribution in [1.82, 2.24) is 5.32 Å². The summed E-state index contributed by atoms with van der Waals surface area (Å²) < 4.78 is 17.8. The van der Waals surface area contributed by atoms with Gasteiger partial charge in [0.25, 0.3) is 4.82 Å². The smallest absolute Gasteiger partial charge is 0.287 e. The van der Waals surface area contributed by atoms with Crippen molar-refractivity contribution in [3.63, 3.8) is 0 Å². The van der Waals surface area contributed by atoms with Crippen molar-refractivity contribution >= 4 is 20.7 Å². The maximum Gasteiger partial charge on any atom is 0.287 e. The molecular formula is C9H9BrFNO2. The summed E-state index contributed by atoms with van der Waals surface area (Å²) >= 11 is 2.71. The molecule has 14 heavy (non-hydrogen) atoms. The third-order valence-corrected chi connectivity index (χ3v) is 1.94. The van der Waals surface area contributed by atoms with E-state index >= 15 is 0 Å². The first-order valence-corrected chi connectivity index (χ1v) is 4.68. The number of methoxy groups -OCH3 is 1. The minimum atomic E-state index is -0.357. The lowest BCUT2D eigenvalue weighted by Crippen LogP contribution is -2.15. The van der Waals surface area contributed by atoms with Gasteiger partial charge in [0, 0.05) is 28.0 Å². The van der Waals surface area contributed by atoms with Crippen LogP contribution in [-0.2, 0) is 6.54 Å². The molecule has 0 aliphatic rings. The number of amides is 1. The summed E-state index contributed by atoms with van der Waals surface area (Å²) in [5.74, 6) is 0.192.